The molecule has 0 saturated heterocycles. The standard InChI is InChI=1S/C10H10N2O2/c1-7-4-8(2-3-10(13)14)5-9(6-11)12-7/h4-5H,2-3H2,1H3,(H,13,14). The van der Waals surface area contributed by atoms with Crippen molar-refractivity contribution in [1.29, 1.82) is 5.26 Å². The molecule has 0 fully saturated rings. The predicted molar refractivity (Wildman–Crippen MR) is 49.6 cm³/mol. The first-order valence-electron chi connectivity index (χ1n) is 4.21. The van der Waals surface area contributed by atoms with E-state index in [1.807, 2.05) is 6.07 Å². The molecule has 0 radical (unpaired) electrons. The molecule has 0 unspecified atom stereocenters. The van der Waals surface area contributed by atoms with Crippen LogP contribution in [0.4, 0.5) is 0 Å². The molecule has 4 nitrogen and oxygen atoms in total. The van der Waals surface area contributed by atoms with E-state index in [1.54, 1.807) is 19.1 Å². The number of carboxylic acids is 1. The Kier molecular flexibility index (Phi) is 3.19. The quantitative estimate of drug-likeness (QED) is 0.779. The summed E-state index contributed by atoms with van der Waals surface area (Å²) in [6.07, 6.45) is 0.516. The van der Waals surface area contributed by atoms with E-state index in [9.17, 15) is 4.79 Å². The van der Waals surface area contributed by atoms with E-state index in [-0.39, 0.29) is 6.42 Å². The lowest BCUT2D eigenvalue weighted by Gasteiger charge is -2.00. The van der Waals surface area contributed by atoms with Gasteiger partial charge >= 0.3 is 5.97 Å². The van der Waals surface area contributed by atoms with Gasteiger partial charge in [-0.25, -0.2) is 4.98 Å². The van der Waals surface area contributed by atoms with Crippen LogP contribution in [-0.4, -0.2) is 16.1 Å². The molecule has 0 spiro atoms. The summed E-state index contributed by atoms with van der Waals surface area (Å²) in [5.41, 5.74) is 1.92. The molecular weight excluding hydrogens is 180 g/mol. The first-order chi connectivity index (χ1) is 6.61. The molecule has 1 aromatic rings. The van der Waals surface area contributed by atoms with E-state index in [0.29, 0.717) is 12.1 Å². The second-order valence-corrected chi connectivity index (χ2v) is 3.01. The van der Waals surface area contributed by atoms with Crippen LogP contribution >= 0.6 is 0 Å². The van der Waals surface area contributed by atoms with Gasteiger partial charge in [-0.2, -0.15) is 5.26 Å². The lowest BCUT2D eigenvalue weighted by molar-refractivity contribution is -0.136. The van der Waals surface area contributed by atoms with Gasteiger partial charge in [-0.15, -0.1) is 0 Å². The molecular formula is C10H10N2O2. The third kappa shape index (κ3) is 2.87. The molecule has 0 aromatic carbocycles. The number of carbonyl (C=O) groups is 1. The van der Waals surface area contributed by atoms with Crippen molar-refractivity contribution in [3.05, 3.63) is 29.1 Å². The molecule has 0 atom stereocenters. The minimum Gasteiger partial charge on any atom is -0.481 e. The zero-order valence-corrected chi connectivity index (χ0v) is 7.82. The molecule has 14 heavy (non-hydrogen) atoms. The molecule has 0 bridgehead atoms. The van der Waals surface area contributed by atoms with Crippen LogP contribution in [0.5, 0.6) is 0 Å². The molecule has 0 amide bonds. The van der Waals surface area contributed by atoms with Crippen LogP contribution in [-0.2, 0) is 11.2 Å². The number of aryl methyl sites for hydroxylation is 2. The van der Waals surface area contributed by atoms with Crippen molar-refractivity contribution in [2.45, 2.75) is 19.8 Å². The molecule has 0 aliphatic heterocycles. The summed E-state index contributed by atoms with van der Waals surface area (Å²) in [6, 6.07) is 5.35. The van der Waals surface area contributed by atoms with Gasteiger partial charge in [-0.1, -0.05) is 0 Å². The molecule has 1 N–H and O–H groups in total. The molecule has 0 aliphatic carbocycles. The fourth-order valence-corrected chi connectivity index (χ4v) is 1.19. The Bertz CT molecular complexity index is 394. The molecule has 72 valence electrons. The number of aromatic nitrogens is 1. The van der Waals surface area contributed by atoms with Crippen molar-refractivity contribution >= 4 is 5.97 Å². The van der Waals surface area contributed by atoms with Gasteiger partial charge in [0.05, 0.1) is 0 Å². The Hall–Kier alpha value is -1.89. The van der Waals surface area contributed by atoms with Crippen molar-refractivity contribution < 1.29 is 9.90 Å². The highest BCUT2D eigenvalue weighted by Gasteiger charge is 2.02. The molecule has 1 aromatic heterocycles. The van der Waals surface area contributed by atoms with Crippen LogP contribution in [0.3, 0.4) is 0 Å². The third-order valence-corrected chi connectivity index (χ3v) is 1.76. The minimum absolute atomic E-state index is 0.0777. The third-order valence-electron chi connectivity index (χ3n) is 1.76. The topological polar surface area (TPSA) is 74.0 Å². The second-order valence-electron chi connectivity index (χ2n) is 3.01. The van der Waals surface area contributed by atoms with Gasteiger partial charge in [0.2, 0.25) is 0 Å². The van der Waals surface area contributed by atoms with Gasteiger partial charge in [0.25, 0.3) is 0 Å². The SMILES string of the molecule is Cc1cc(CCC(=O)O)cc(C#N)n1. The second kappa shape index (κ2) is 4.38. The lowest BCUT2D eigenvalue weighted by atomic mass is 10.1. The Balaban J connectivity index is 2.82. The molecule has 1 heterocycles. The van der Waals surface area contributed by atoms with Crippen LogP contribution in [0.1, 0.15) is 23.4 Å². The van der Waals surface area contributed by atoms with Gasteiger partial charge in [0.1, 0.15) is 11.8 Å². The maximum absolute atomic E-state index is 10.3. The largest absolute Gasteiger partial charge is 0.481 e. The molecule has 0 saturated carbocycles. The number of rotatable bonds is 3. The Morgan fingerprint density at radius 1 is 1.64 bits per heavy atom. The van der Waals surface area contributed by atoms with E-state index >= 15 is 0 Å². The van der Waals surface area contributed by atoms with Crippen LogP contribution in [0.15, 0.2) is 12.1 Å². The lowest BCUT2D eigenvalue weighted by Crippen LogP contribution is -1.99. The Morgan fingerprint density at radius 3 is 2.93 bits per heavy atom. The van der Waals surface area contributed by atoms with Crippen LogP contribution < -0.4 is 0 Å². The fraction of sp³-hybridized carbons (Fsp3) is 0.300. The van der Waals surface area contributed by atoms with Crippen LogP contribution in [0, 0.1) is 18.3 Å². The average molecular weight is 190 g/mol. The van der Waals surface area contributed by atoms with Gasteiger partial charge in [-0.05, 0) is 31.0 Å². The monoisotopic (exact) mass is 190 g/mol. The highest BCUT2D eigenvalue weighted by atomic mass is 16.4. The summed E-state index contributed by atoms with van der Waals surface area (Å²) < 4.78 is 0. The summed E-state index contributed by atoms with van der Waals surface area (Å²) in [6.45, 7) is 1.78. The smallest absolute Gasteiger partial charge is 0.303 e. The predicted octanol–water partition coefficient (Wildman–Crippen LogP) is 1.28. The molecule has 1 rings (SSSR count). The number of hydrogen-bond acceptors (Lipinski definition) is 3. The van der Waals surface area contributed by atoms with Crippen molar-refractivity contribution in [2.75, 3.05) is 0 Å². The summed E-state index contributed by atoms with van der Waals surface area (Å²) in [7, 11) is 0. The fourth-order valence-electron chi connectivity index (χ4n) is 1.19. The number of carboxylic acid groups (broad SMARTS) is 1. The van der Waals surface area contributed by atoms with Crippen LogP contribution in [0.25, 0.3) is 0 Å². The zero-order valence-electron chi connectivity index (χ0n) is 7.82. The van der Waals surface area contributed by atoms with Crippen molar-refractivity contribution in [1.82, 2.24) is 4.98 Å². The minimum atomic E-state index is -0.835. The summed E-state index contributed by atoms with van der Waals surface area (Å²) in [4.78, 5) is 14.3. The van der Waals surface area contributed by atoms with E-state index < -0.39 is 5.97 Å². The Morgan fingerprint density at radius 2 is 2.36 bits per heavy atom. The highest BCUT2D eigenvalue weighted by Crippen LogP contribution is 2.07. The number of aliphatic carboxylic acids is 1. The van der Waals surface area contributed by atoms with Crippen molar-refractivity contribution in [3.63, 3.8) is 0 Å². The zero-order chi connectivity index (χ0) is 10.6. The van der Waals surface area contributed by atoms with Crippen molar-refractivity contribution in [2.24, 2.45) is 0 Å². The number of hydrogen-bond donors (Lipinski definition) is 1. The van der Waals surface area contributed by atoms with Gasteiger partial charge in [-0.3, -0.25) is 4.79 Å². The number of pyridine rings is 1. The van der Waals surface area contributed by atoms with Gasteiger partial charge in [0, 0.05) is 12.1 Å². The normalized spacial score (nSPS) is 9.43. The van der Waals surface area contributed by atoms with E-state index in [1.165, 1.54) is 0 Å². The highest BCUT2D eigenvalue weighted by molar-refractivity contribution is 5.67. The maximum atomic E-state index is 10.3. The summed E-state index contributed by atoms with van der Waals surface area (Å²) in [5, 5.41) is 17.1. The van der Waals surface area contributed by atoms with Gasteiger partial charge in [0.15, 0.2) is 0 Å². The van der Waals surface area contributed by atoms with E-state index in [2.05, 4.69) is 4.98 Å². The van der Waals surface area contributed by atoms with Gasteiger partial charge < -0.3 is 5.11 Å². The van der Waals surface area contributed by atoms with E-state index in [0.717, 1.165) is 11.3 Å². The average Bonchev–Trinajstić information content (AvgIpc) is 2.14. The molecule has 0 aliphatic rings. The first-order valence-corrected chi connectivity index (χ1v) is 4.21. The van der Waals surface area contributed by atoms with E-state index in [4.69, 9.17) is 10.4 Å². The number of nitriles is 1. The summed E-state index contributed by atoms with van der Waals surface area (Å²) >= 11 is 0. The van der Waals surface area contributed by atoms with Crippen molar-refractivity contribution in [3.8, 4) is 6.07 Å². The Labute approximate surface area is 81.8 Å². The maximum Gasteiger partial charge on any atom is 0.303 e. The first kappa shape index (κ1) is 10.2. The summed E-state index contributed by atoms with van der Waals surface area (Å²) in [5.74, 6) is -0.835. The van der Waals surface area contributed by atoms with Crippen LogP contribution in [0.2, 0.25) is 0 Å². The number of nitrogens with zero attached hydrogens (tertiary/aromatic N) is 2. The molecule has 4 heteroatoms.